The number of hydrogen-bond donors (Lipinski definition) is 1. The smallest absolute Gasteiger partial charge is 0.343 e. The Morgan fingerprint density at radius 2 is 1.69 bits per heavy atom. The summed E-state index contributed by atoms with van der Waals surface area (Å²) in [5, 5.41) is 2.86. The van der Waals surface area contributed by atoms with E-state index >= 15 is 0 Å². The number of hydrogen-bond acceptors (Lipinski definition) is 5. The lowest BCUT2D eigenvalue weighted by atomic mass is 9.94. The predicted octanol–water partition coefficient (Wildman–Crippen LogP) is 5.09. The molecule has 2 aromatic rings. The number of halogens is 1. The van der Waals surface area contributed by atoms with E-state index in [9.17, 15) is 14.4 Å². The molecule has 7 heteroatoms. The number of carbonyl (C=O) groups excluding carboxylic acids is 3. The van der Waals surface area contributed by atoms with Crippen LogP contribution in [0.25, 0.3) is 0 Å². The minimum atomic E-state index is -0.474. The second kappa shape index (κ2) is 9.17. The van der Waals surface area contributed by atoms with Gasteiger partial charge < -0.3 is 10.1 Å². The predicted molar refractivity (Wildman–Crippen MR) is 123 cm³/mol. The molecule has 1 saturated carbocycles. The Bertz CT molecular complexity index is 1100. The van der Waals surface area contributed by atoms with Crippen LogP contribution in [0.2, 0.25) is 0 Å². The molecule has 1 heterocycles. The normalized spacial score (nSPS) is 17.2. The molecule has 0 unspecified atom stereocenters. The standard InChI is InChI=1S/C25H25ClN2O4/c1-15-8-9-16(2)20(14-15)32-25(31)17-10-12-18(13-11-17)27-22-21(26)23(29)28(24(22)30)19-6-4-3-5-7-19/h8-14,19,27H,3-7H2,1-2H3. The Hall–Kier alpha value is -3.12. The van der Waals surface area contributed by atoms with E-state index in [-0.39, 0.29) is 16.8 Å². The second-order valence-corrected chi connectivity index (χ2v) is 8.70. The molecule has 1 aliphatic carbocycles. The number of nitrogens with one attached hydrogen (secondary N) is 1. The summed E-state index contributed by atoms with van der Waals surface area (Å²) in [6, 6.07) is 12.1. The summed E-state index contributed by atoms with van der Waals surface area (Å²) in [6.07, 6.45) is 4.75. The minimum absolute atomic E-state index is 0.0768. The topological polar surface area (TPSA) is 75.7 Å². The number of esters is 1. The first kappa shape index (κ1) is 22.1. The van der Waals surface area contributed by atoms with Crippen LogP contribution in [0.15, 0.2) is 53.2 Å². The lowest BCUT2D eigenvalue weighted by Gasteiger charge is -2.29. The molecular formula is C25H25ClN2O4. The van der Waals surface area contributed by atoms with Gasteiger partial charge in [0, 0.05) is 11.7 Å². The maximum absolute atomic E-state index is 12.9. The SMILES string of the molecule is Cc1ccc(C)c(OC(=O)c2ccc(NC3=C(Cl)C(=O)N(C4CCCCC4)C3=O)cc2)c1. The van der Waals surface area contributed by atoms with E-state index in [1.54, 1.807) is 24.3 Å². The van der Waals surface area contributed by atoms with Gasteiger partial charge in [-0.1, -0.05) is 43.0 Å². The van der Waals surface area contributed by atoms with Crippen LogP contribution in [0.4, 0.5) is 5.69 Å². The number of benzene rings is 2. The number of imide groups is 1. The van der Waals surface area contributed by atoms with Crippen molar-refractivity contribution >= 4 is 35.1 Å². The maximum Gasteiger partial charge on any atom is 0.343 e. The number of aryl methyl sites for hydroxylation is 2. The summed E-state index contributed by atoms with van der Waals surface area (Å²) in [6.45, 7) is 3.81. The molecule has 2 amide bonds. The molecule has 2 aliphatic rings. The first-order chi connectivity index (χ1) is 15.3. The number of rotatable bonds is 5. The molecule has 0 spiro atoms. The van der Waals surface area contributed by atoms with E-state index in [4.69, 9.17) is 16.3 Å². The molecule has 1 aliphatic heterocycles. The molecule has 1 fully saturated rings. The fraction of sp³-hybridized carbons (Fsp3) is 0.320. The number of amides is 2. The van der Waals surface area contributed by atoms with E-state index in [0.29, 0.717) is 17.0 Å². The Morgan fingerprint density at radius 1 is 1.00 bits per heavy atom. The molecule has 1 N–H and O–H groups in total. The first-order valence-corrected chi connectivity index (χ1v) is 11.2. The third-order valence-electron chi connectivity index (χ3n) is 5.93. The Labute approximate surface area is 192 Å². The van der Waals surface area contributed by atoms with Gasteiger partial charge in [0.2, 0.25) is 0 Å². The molecule has 6 nitrogen and oxygen atoms in total. The molecule has 0 saturated heterocycles. The highest BCUT2D eigenvalue weighted by Gasteiger charge is 2.42. The summed E-state index contributed by atoms with van der Waals surface area (Å²) >= 11 is 6.22. The highest BCUT2D eigenvalue weighted by Crippen LogP contribution is 2.32. The Morgan fingerprint density at radius 3 is 2.38 bits per heavy atom. The average molecular weight is 453 g/mol. The minimum Gasteiger partial charge on any atom is -0.423 e. The van der Waals surface area contributed by atoms with Crippen LogP contribution in [0, 0.1) is 13.8 Å². The largest absolute Gasteiger partial charge is 0.423 e. The van der Waals surface area contributed by atoms with Crippen molar-refractivity contribution in [3.8, 4) is 5.75 Å². The molecule has 32 heavy (non-hydrogen) atoms. The quantitative estimate of drug-likeness (QED) is 0.388. The monoisotopic (exact) mass is 452 g/mol. The molecule has 2 aromatic carbocycles. The molecule has 0 aromatic heterocycles. The van der Waals surface area contributed by atoms with E-state index in [1.165, 1.54) is 4.90 Å². The summed E-state index contributed by atoms with van der Waals surface area (Å²) in [5.41, 5.74) is 2.87. The third kappa shape index (κ3) is 4.41. The molecule has 166 valence electrons. The van der Waals surface area contributed by atoms with Crippen molar-refractivity contribution in [3.63, 3.8) is 0 Å². The number of carbonyl (C=O) groups is 3. The second-order valence-electron chi connectivity index (χ2n) is 8.32. The van der Waals surface area contributed by atoms with Gasteiger partial charge in [0.15, 0.2) is 0 Å². The number of nitrogens with zero attached hydrogens (tertiary/aromatic N) is 1. The van der Waals surface area contributed by atoms with Crippen LogP contribution in [-0.2, 0) is 9.59 Å². The van der Waals surface area contributed by atoms with Crippen molar-refractivity contribution < 1.29 is 19.1 Å². The van der Waals surface area contributed by atoms with Crippen molar-refractivity contribution in [2.45, 2.75) is 52.0 Å². The van der Waals surface area contributed by atoms with Gasteiger partial charge in [-0.25, -0.2) is 4.79 Å². The zero-order chi connectivity index (χ0) is 22.8. The van der Waals surface area contributed by atoms with Crippen molar-refractivity contribution in [2.24, 2.45) is 0 Å². The van der Waals surface area contributed by atoms with Crippen LogP contribution in [-0.4, -0.2) is 28.7 Å². The zero-order valence-corrected chi connectivity index (χ0v) is 18.9. The van der Waals surface area contributed by atoms with E-state index < -0.39 is 17.8 Å². The van der Waals surface area contributed by atoms with Crippen molar-refractivity contribution in [1.29, 1.82) is 0 Å². The highest BCUT2D eigenvalue weighted by atomic mass is 35.5. The fourth-order valence-electron chi connectivity index (χ4n) is 4.11. The summed E-state index contributed by atoms with van der Waals surface area (Å²) in [7, 11) is 0. The van der Waals surface area contributed by atoms with Crippen molar-refractivity contribution in [1.82, 2.24) is 4.90 Å². The summed E-state index contributed by atoms with van der Waals surface area (Å²) in [5.74, 6) is -0.796. The molecule has 0 radical (unpaired) electrons. The van der Waals surface area contributed by atoms with Gasteiger partial charge in [0.25, 0.3) is 11.8 Å². The Kier molecular flexibility index (Phi) is 6.33. The van der Waals surface area contributed by atoms with Gasteiger partial charge in [0.05, 0.1) is 5.56 Å². The highest BCUT2D eigenvalue weighted by molar-refractivity contribution is 6.48. The first-order valence-electron chi connectivity index (χ1n) is 10.8. The van der Waals surface area contributed by atoms with Crippen molar-refractivity contribution in [3.05, 3.63) is 69.9 Å². The van der Waals surface area contributed by atoms with Crippen LogP contribution >= 0.6 is 11.6 Å². The van der Waals surface area contributed by atoms with Crippen LogP contribution in [0.5, 0.6) is 5.75 Å². The third-order valence-corrected chi connectivity index (χ3v) is 6.29. The summed E-state index contributed by atoms with van der Waals surface area (Å²) < 4.78 is 5.52. The molecule has 0 atom stereocenters. The van der Waals surface area contributed by atoms with E-state index in [1.807, 2.05) is 32.0 Å². The lowest BCUT2D eigenvalue weighted by molar-refractivity contribution is -0.140. The van der Waals surface area contributed by atoms with Crippen LogP contribution in [0.3, 0.4) is 0 Å². The number of ether oxygens (including phenoxy) is 1. The van der Waals surface area contributed by atoms with Gasteiger partial charge in [0.1, 0.15) is 16.5 Å². The lowest BCUT2D eigenvalue weighted by Crippen LogP contribution is -2.42. The zero-order valence-electron chi connectivity index (χ0n) is 18.1. The van der Waals surface area contributed by atoms with Gasteiger partial charge in [-0.3, -0.25) is 14.5 Å². The average Bonchev–Trinajstić information content (AvgIpc) is 3.00. The Balaban J connectivity index is 1.45. The van der Waals surface area contributed by atoms with Gasteiger partial charge in [-0.2, -0.15) is 0 Å². The maximum atomic E-state index is 12.9. The summed E-state index contributed by atoms with van der Waals surface area (Å²) in [4.78, 5) is 39.3. The van der Waals surface area contributed by atoms with Gasteiger partial charge in [-0.15, -0.1) is 0 Å². The molecular weight excluding hydrogens is 428 g/mol. The van der Waals surface area contributed by atoms with E-state index in [0.717, 1.165) is 43.2 Å². The van der Waals surface area contributed by atoms with Crippen LogP contribution < -0.4 is 10.1 Å². The van der Waals surface area contributed by atoms with Crippen LogP contribution in [0.1, 0.15) is 53.6 Å². The fourth-order valence-corrected chi connectivity index (χ4v) is 4.33. The van der Waals surface area contributed by atoms with Crippen molar-refractivity contribution in [2.75, 3.05) is 5.32 Å². The van der Waals surface area contributed by atoms with Gasteiger partial charge in [-0.05, 0) is 68.1 Å². The van der Waals surface area contributed by atoms with Gasteiger partial charge >= 0.3 is 5.97 Å². The molecule has 4 rings (SSSR count). The molecule has 0 bridgehead atoms. The van der Waals surface area contributed by atoms with E-state index in [2.05, 4.69) is 5.32 Å². The number of anilines is 1.